The van der Waals surface area contributed by atoms with Crippen molar-refractivity contribution in [1.82, 2.24) is 20.3 Å². The molecule has 0 amide bonds. The Bertz CT molecular complexity index is 1080. The van der Waals surface area contributed by atoms with Crippen LogP contribution < -0.4 is 0 Å². The number of esters is 1. The van der Waals surface area contributed by atoms with E-state index >= 15 is 0 Å². The van der Waals surface area contributed by atoms with Crippen LogP contribution in [0.2, 0.25) is 5.02 Å². The van der Waals surface area contributed by atoms with Gasteiger partial charge in [-0.05, 0) is 12.1 Å². The number of hydrogen-bond acceptors (Lipinski definition) is 6. The molecule has 8 heteroatoms. The van der Waals surface area contributed by atoms with Crippen LogP contribution in [0.4, 0.5) is 0 Å². The third-order valence-corrected chi connectivity index (χ3v) is 4.16. The van der Waals surface area contributed by atoms with E-state index in [4.69, 9.17) is 20.9 Å². The van der Waals surface area contributed by atoms with E-state index in [0.717, 1.165) is 5.56 Å². The highest BCUT2D eigenvalue weighted by atomic mass is 35.5. The molecule has 4 aromatic rings. The first kappa shape index (κ1) is 17.0. The Morgan fingerprint density at radius 1 is 1.11 bits per heavy atom. The van der Waals surface area contributed by atoms with Gasteiger partial charge in [0.1, 0.15) is 5.56 Å². The molecule has 0 spiro atoms. The van der Waals surface area contributed by atoms with Crippen molar-refractivity contribution in [2.75, 3.05) is 0 Å². The number of carbonyl (C=O) groups is 1. The SMILES string of the molecule is O=C(OCc1noc(-c2ccccc2Cl)n1)c1cn[nH]c1-c1ccccc1. The van der Waals surface area contributed by atoms with E-state index in [2.05, 4.69) is 20.3 Å². The molecule has 0 aliphatic heterocycles. The van der Waals surface area contributed by atoms with Crippen molar-refractivity contribution in [3.63, 3.8) is 0 Å². The van der Waals surface area contributed by atoms with Crippen LogP contribution in [0.1, 0.15) is 16.2 Å². The van der Waals surface area contributed by atoms with Gasteiger partial charge in [-0.2, -0.15) is 10.1 Å². The van der Waals surface area contributed by atoms with Crippen molar-refractivity contribution in [1.29, 1.82) is 0 Å². The molecule has 0 aliphatic rings. The number of aromatic nitrogens is 4. The first-order chi connectivity index (χ1) is 13.2. The van der Waals surface area contributed by atoms with Gasteiger partial charge < -0.3 is 9.26 Å². The molecule has 0 saturated carbocycles. The Hall–Kier alpha value is -3.45. The molecule has 0 atom stereocenters. The molecule has 2 heterocycles. The molecular formula is C19H13ClN4O3. The highest BCUT2D eigenvalue weighted by Crippen LogP contribution is 2.26. The van der Waals surface area contributed by atoms with Gasteiger partial charge in [0.15, 0.2) is 6.61 Å². The van der Waals surface area contributed by atoms with E-state index in [-0.39, 0.29) is 18.3 Å². The van der Waals surface area contributed by atoms with Crippen molar-refractivity contribution in [3.8, 4) is 22.7 Å². The summed E-state index contributed by atoms with van der Waals surface area (Å²) >= 11 is 6.12. The summed E-state index contributed by atoms with van der Waals surface area (Å²) in [7, 11) is 0. The highest BCUT2D eigenvalue weighted by molar-refractivity contribution is 6.33. The van der Waals surface area contributed by atoms with Gasteiger partial charge in [0.25, 0.3) is 5.89 Å². The molecule has 27 heavy (non-hydrogen) atoms. The van der Waals surface area contributed by atoms with Gasteiger partial charge in [0.05, 0.1) is 22.5 Å². The topological polar surface area (TPSA) is 93.9 Å². The fraction of sp³-hybridized carbons (Fsp3) is 0.0526. The minimum atomic E-state index is -0.535. The van der Waals surface area contributed by atoms with Crippen LogP contribution in [0.5, 0.6) is 0 Å². The molecule has 2 aromatic carbocycles. The quantitative estimate of drug-likeness (QED) is 0.523. The minimum absolute atomic E-state index is 0.133. The molecule has 0 fully saturated rings. The van der Waals surface area contributed by atoms with Crippen LogP contribution in [0.15, 0.2) is 65.3 Å². The summed E-state index contributed by atoms with van der Waals surface area (Å²) in [5, 5.41) is 11.1. The van der Waals surface area contributed by atoms with Crippen molar-refractivity contribution < 1.29 is 14.1 Å². The second-order valence-corrected chi connectivity index (χ2v) is 6.00. The number of nitrogens with zero attached hydrogens (tertiary/aromatic N) is 3. The molecule has 0 radical (unpaired) electrons. The molecule has 1 N–H and O–H groups in total. The molecule has 0 unspecified atom stereocenters. The summed E-state index contributed by atoms with van der Waals surface area (Å²) in [4.78, 5) is 16.6. The fourth-order valence-electron chi connectivity index (χ4n) is 2.53. The number of aromatic amines is 1. The predicted molar refractivity (Wildman–Crippen MR) is 97.9 cm³/mol. The van der Waals surface area contributed by atoms with Crippen LogP contribution in [-0.4, -0.2) is 26.3 Å². The standard InChI is InChI=1S/C19H13ClN4O3/c20-15-9-5-4-8-13(15)18-22-16(24-27-18)11-26-19(25)14-10-21-23-17(14)12-6-2-1-3-7-12/h1-10H,11H2,(H,21,23). The zero-order valence-corrected chi connectivity index (χ0v) is 14.7. The van der Waals surface area contributed by atoms with Gasteiger partial charge in [-0.1, -0.05) is 59.2 Å². The van der Waals surface area contributed by atoms with Gasteiger partial charge in [-0.15, -0.1) is 0 Å². The Morgan fingerprint density at radius 2 is 1.89 bits per heavy atom. The first-order valence-corrected chi connectivity index (χ1v) is 8.43. The van der Waals surface area contributed by atoms with Crippen molar-refractivity contribution >= 4 is 17.6 Å². The molecule has 0 saturated heterocycles. The van der Waals surface area contributed by atoms with Crippen LogP contribution >= 0.6 is 11.6 Å². The second-order valence-electron chi connectivity index (χ2n) is 5.60. The van der Waals surface area contributed by atoms with E-state index in [1.807, 2.05) is 36.4 Å². The monoisotopic (exact) mass is 380 g/mol. The summed E-state index contributed by atoms with van der Waals surface area (Å²) in [5.74, 6) is -0.0327. The highest BCUT2D eigenvalue weighted by Gasteiger charge is 2.18. The van der Waals surface area contributed by atoms with Crippen molar-refractivity contribution in [2.45, 2.75) is 6.61 Å². The number of ether oxygens (including phenoxy) is 1. The zero-order valence-electron chi connectivity index (χ0n) is 13.9. The lowest BCUT2D eigenvalue weighted by Gasteiger charge is -2.03. The lowest BCUT2D eigenvalue weighted by Crippen LogP contribution is -2.06. The molecule has 0 bridgehead atoms. The third kappa shape index (κ3) is 3.58. The number of halogens is 1. The Balaban J connectivity index is 1.47. The average Bonchev–Trinajstić information content (AvgIpc) is 3.37. The Labute approximate surface area is 158 Å². The maximum absolute atomic E-state index is 12.4. The molecule has 4 rings (SSSR count). The summed E-state index contributed by atoms with van der Waals surface area (Å²) in [6.07, 6.45) is 1.43. The van der Waals surface area contributed by atoms with E-state index < -0.39 is 5.97 Å². The smallest absolute Gasteiger partial charge is 0.342 e. The number of nitrogens with one attached hydrogen (secondary N) is 1. The normalized spacial score (nSPS) is 10.7. The van der Waals surface area contributed by atoms with E-state index in [0.29, 0.717) is 21.8 Å². The van der Waals surface area contributed by atoms with Gasteiger partial charge in [-0.25, -0.2) is 4.79 Å². The van der Waals surface area contributed by atoms with Crippen molar-refractivity contribution in [2.24, 2.45) is 0 Å². The number of carbonyl (C=O) groups excluding carboxylic acids is 1. The van der Waals surface area contributed by atoms with Crippen LogP contribution in [0.25, 0.3) is 22.7 Å². The van der Waals surface area contributed by atoms with Gasteiger partial charge >= 0.3 is 5.97 Å². The maximum Gasteiger partial charge on any atom is 0.342 e. The van der Waals surface area contributed by atoms with Crippen LogP contribution in [0, 0.1) is 0 Å². The van der Waals surface area contributed by atoms with Crippen LogP contribution in [0.3, 0.4) is 0 Å². The minimum Gasteiger partial charge on any atom is -0.454 e. The van der Waals surface area contributed by atoms with Gasteiger partial charge in [0.2, 0.25) is 5.82 Å². The summed E-state index contributed by atoms with van der Waals surface area (Å²) in [6, 6.07) is 16.5. The number of rotatable bonds is 5. The number of benzene rings is 2. The predicted octanol–water partition coefficient (Wildman–Crippen LogP) is 4.14. The fourth-order valence-corrected chi connectivity index (χ4v) is 2.75. The number of hydrogen-bond donors (Lipinski definition) is 1. The average molecular weight is 381 g/mol. The van der Waals surface area contributed by atoms with E-state index in [9.17, 15) is 4.79 Å². The first-order valence-electron chi connectivity index (χ1n) is 8.06. The molecule has 2 aromatic heterocycles. The largest absolute Gasteiger partial charge is 0.454 e. The molecule has 7 nitrogen and oxygen atoms in total. The van der Waals surface area contributed by atoms with Gasteiger partial charge in [0, 0.05) is 5.56 Å². The van der Waals surface area contributed by atoms with E-state index in [1.54, 1.807) is 18.2 Å². The lowest BCUT2D eigenvalue weighted by atomic mass is 10.1. The Kier molecular flexibility index (Phi) is 4.67. The third-order valence-electron chi connectivity index (χ3n) is 3.83. The van der Waals surface area contributed by atoms with E-state index in [1.165, 1.54) is 6.20 Å². The molecular weight excluding hydrogens is 368 g/mol. The summed E-state index contributed by atoms with van der Waals surface area (Å²) in [5.41, 5.74) is 2.37. The lowest BCUT2D eigenvalue weighted by molar-refractivity contribution is 0.0460. The van der Waals surface area contributed by atoms with Gasteiger partial charge in [-0.3, -0.25) is 5.10 Å². The number of H-pyrrole nitrogens is 1. The molecule has 134 valence electrons. The summed E-state index contributed by atoms with van der Waals surface area (Å²) < 4.78 is 10.5. The van der Waals surface area contributed by atoms with Crippen LogP contribution in [-0.2, 0) is 11.3 Å². The van der Waals surface area contributed by atoms with Crippen molar-refractivity contribution in [3.05, 3.63) is 77.2 Å². The summed E-state index contributed by atoms with van der Waals surface area (Å²) in [6.45, 7) is -0.133. The second kappa shape index (κ2) is 7.43. The maximum atomic E-state index is 12.4. The Morgan fingerprint density at radius 3 is 2.70 bits per heavy atom. The zero-order chi connectivity index (χ0) is 18.6. The molecule has 0 aliphatic carbocycles.